The van der Waals surface area contributed by atoms with Gasteiger partial charge in [-0.05, 0) is 35.4 Å². The molecule has 2 heterocycles. The molecule has 0 bridgehead atoms. The summed E-state index contributed by atoms with van der Waals surface area (Å²) in [6.45, 7) is 2.33. The van der Waals surface area contributed by atoms with Crippen LogP contribution in [0.3, 0.4) is 0 Å². The normalized spacial score (nSPS) is 27.7. The van der Waals surface area contributed by atoms with Crippen LogP contribution in [0.15, 0.2) is 48.5 Å². The Hall–Kier alpha value is -1.80. The topological polar surface area (TPSA) is 38.8 Å². The Kier molecular flexibility index (Phi) is 5.03. The van der Waals surface area contributed by atoms with E-state index < -0.39 is 18.0 Å². The van der Waals surface area contributed by atoms with Crippen LogP contribution >= 0.6 is 11.8 Å². The lowest BCUT2D eigenvalue weighted by Crippen LogP contribution is -2.47. The van der Waals surface area contributed by atoms with Crippen LogP contribution in [0, 0.1) is 11.6 Å². The molecule has 0 radical (unpaired) electrons. The Morgan fingerprint density at radius 1 is 1.00 bits per heavy atom. The fourth-order valence-electron chi connectivity index (χ4n) is 3.60. The van der Waals surface area contributed by atoms with Gasteiger partial charge in [0.15, 0.2) is 5.12 Å². The molecule has 1 unspecified atom stereocenters. The van der Waals surface area contributed by atoms with Crippen molar-refractivity contribution < 1.29 is 23.0 Å². The number of rotatable bonds is 4. The van der Waals surface area contributed by atoms with Gasteiger partial charge in [0.05, 0.1) is 18.8 Å². The molecule has 4 nitrogen and oxygen atoms in total. The van der Waals surface area contributed by atoms with E-state index >= 15 is 0 Å². The van der Waals surface area contributed by atoms with Crippen LogP contribution in [0.1, 0.15) is 30.5 Å². The minimum Gasteiger partial charge on any atom is -0.357 e. The summed E-state index contributed by atoms with van der Waals surface area (Å²) in [5.74, 6) is -0.108. The number of benzene rings is 2. The van der Waals surface area contributed by atoms with Gasteiger partial charge in [0.25, 0.3) is 0 Å². The molecule has 2 aliphatic heterocycles. The largest absolute Gasteiger partial charge is 0.357 e. The fourth-order valence-corrected chi connectivity index (χ4v) is 4.39. The molecule has 2 aromatic rings. The van der Waals surface area contributed by atoms with Gasteiger partial charge < -0.3 is 9.47 Å². The quantitative estimate of drug-likeness (QED) is 0.787. The maximum absolute atomic E-state index is 13.4. The molecule has 0 aromatic heterocycles. The average molecular weight is 391 g/mol. The van der Waals surface area contributed by atoms with Crippen molar-refractivity contribution in [1.29, 1.82) is 0 Å². The first-order valence-electron chi connectivity index (χ1n) is 8.64. The molecular formula is C20H19F2NO3S. The smallest absolute Gasteiger partial charge is 0.185 e. The zero-order chi connectivity index (χ0) is 19.0. The highest BCUT2D eigenvalue weighted by atomic mass is 32.2. The van der Waals surface area contributed by atoms with Crippen molar-refractivity contribution in [2.75, 3.05) is 19.0 Å². The van der Waals surface area contributed by atoms with Crippen molar-refractivity contribution in [3.63, 3.8) is 0 Å². The third-order valence-corrected chi connectivity index (χ3v) is 6.02. The van der Waals surface area contributed by atoms with Gasteiger partial charge in [0.1, 0.15) is 24.1 Å². The lowest BCUT2D eigenvalue weighted by Gasteiger charge is -2.33. The minimum atomic E-state index is -0.478. The van der Waals surface area contributed by atoms with E-state index in [1.54, 1.807) is 24.3 Å². The summed E-state index contributed by atoms with van der Waals surface area (Å²) in [6.07, 6.45) is -0.869. The second-order valence-electron chi connectivity index (χ2n) is 6.84. The second kappa shape index (κ2) is 7.31. The highest BCUT2D eigenvalue weighted by Crippen LogP contribution is 2.50. The van der Waals surface area contributed by atoms with E-state index in [1.807, 2.05) is 0 Å². The number of ether oxygens (including phenoxy) is 2. The summed E-state index contributed by atoms with van der Waals surface area (Å²) >= 11 is 1.23. The maximum atomic E-state index is 13.4. The molecule has 2 aliphatic rings. The molecule has 7 heteroatoms. The lowest BCUT2D eigenvalue weighted by molar-refractivity contribution is -0.109. The van der Waals surface area contributed by atoms with Crippen LogP contribution in [-0.2, 0) is 14.3 Å². The molecule has 4 rings (SSSR count). The minimum absolute atomic E-state index is 0.0276. The van der Waals surface area contributed by atoms with E-state index in [1.165, 1.54) is 43.0 Å². The number of fused-ring (bicyclic) bond motifs is 1. The maximum Gasteiger partial charge on any atom is 0.185 e. The van der Waals surface area contributed by atoms with E-state index in [9.17, 15) is 13.6 Å². The summed E-state index contributed by atoms with van der Waals surface area (Å²) in [5, 5.41) is 0.0276. The number of hydrogen-bond acceptors (Lipinski definition) is 5. The molecule has 27 heavy (non-hydrogen) atoms. The summed E-state index contributed by atoms with van der Waals surface area (Å²) in [4.78, 5) is 13.6. The van der Waals surface area contributed by atoms with E-state index in [0.717, 1.165) is 11.1 Å². The van der Waals surface area contributed by atoms with Crippen molar-refractivity contribution >= 4 is 16.9 Å². The van der Waals surface area contributed by atoms with Gasteiger partial charge in [-0.25, -0.2) is 13.7 Å². The van der Waals surface area contributed by atoms with Gasteiger partial charge in [0.2, 0.25) is 0 Å². The number of carbonyl (C=O) groups excluding carboxylic acids is 1. The molecule has 142 valence electrons. The first-order chi connectivity index (χ1) is 13.0. The number of nitrogens with zero attached hydrogens (tertiary/aromatic N) is 1. The van der Waals surface area contributed by atoms with E-state index in [4.69, 9.17) is 9.47 Å². The molecular weight excluding hydrogens is 372 g/mol. The van der Waals surface area contributed by atoms with Crippen LogP contribution < -0.4 is 0 Å². The highest BCUT2D eigenvalue weighted by molar-refractivity contribution is 8.13. The molecule has 2 fully saturated rings. The Labute approximate surface area is 160 Å². The fraction of sp³-hybridized carbons (Fsp3) is 0.350. The Balaban J connectivity index is 1.70. The standard InChI is InChI=1S/C20H19F2NO3S/c1-13(24)27-12-20-10-25-18(14-2-6-16(21)7-3-14)23(20)19(26-11-20)15-4-8-17(22)9-5-15/h2-9,18-19H,10-12H2,1H3/t18-,19+,20?. The molecule has 0 aliphatic carbocycles. The predicted octanol–water partition coefficient (Wildman–Crippen LogP) is 4.04. The number of halogens is 2. The van der Waals surface area contributed by atoms with Crippen LogP contribution in [-0.4, -0.2) is 34.5 Å². The second-order valence-corrected chi connectivity index (χ2v) is 7.99. The molecule has 0 saturated carbocycles. The zero-order valence-electron chi connectivity index (χ0n) is 14.7. The van der Waals surface area contributed by atoms with Crippen LogP contribution in [0.5, 0.6) is 0 Å². The van der Waals surface area contributed by atoms with Crippen LogP contribution in [0.4, 0.5) is 8.78 Å². The van der Waals surface area contributed by atoms with Crippen molar-refractivity contribution in [2.24, 2.45) is 0 Å². The zero-order valence-corrected chi connectivity index (χ0v) is 15.5. The lowest BCUT2D eigenvalue weighted by atomic mass is 10.0. The van der Waals surface area contributed by atoms with Gasteiger partial charge >= 0.3 is 0 Å². The van der Waals surface area contributed by atoms with Crippen molar-refractivity contribution in [2.45, 2.75) is 24.9 Å². The number of hydrogen-bond donors (Lipinski definition) is 0. The molecule has 0 spiro atoms. The van der Waals surface area contributed by atoms with Gasteiger partial charge in [-0.3, -0.25) is 4.79 Å². The predicted molar refractivity (Wildman–Crippen MR) is 97.9 cm³/mol. The van der Waals surface area contributed by atoms with E-state index in [-0.39, 0.29) is 16.7 Å². The molecule has 0 amide bonds. The SMILES string of the molecule is CC(=O)SCC12CO[C@H](c3ccc(F)cc3)N1[C@H](c1ccc(F)cc1)OC2. The van der Waals surface area contributed by atoms with Crippen molar-refractivity contribution in [3.05, 3.63) is 71.3 Å². The number of thioether (sulfide) groups is 1. The first kappa shape index (κ1) is 18.6. The first-order valence-corrected chi connectivity index (χ1v) is 9.63. The molecule has 0 N–H and O–H groups in total. The van der Waals surface area contributed by atoms with Crippen molar-refractivity contribution in [3.8, 4) is 0 Å². The summed E-state index contributed by atoms with van der Waals surface area (Å²) in [5.41, 5.74) is 1.14. The van der Waals surface area contributed by atoms with Crippen LogP contribution in [0.25, 0.3) is 0 Å². The summed E-state index contributed by atoms with van der Waals surface area (Å²) < 4.78 is 38.9. The van der Waals surface area contributed by atoms with Crippen molar-refractivity contribution in [1.82, 2.24) is 4.90 Å². The van der Waals surface area contributed by atoms with Gasteiger partial charge in [0, 0.05) is 12.7 Å². The van der Waals surface area contributed by atoms with Gasteiger partial charge in [-0.15, -0.1) is 0 Å². The third kappa shape index (κ3) is 3.52. The van der Waals surface area contributed by atoms with Gasteiger partial charge in [-0.1, -0.05) is 36.0 Å². The summed E-state index contributed by atoms with van der Waals surface area (Å²) in [7, 11) is 0. The average Bonchev–Trinajstić information content (AvgIpc) is 3.19. The molecule has 3 atom stereocenters. The highest BCUT2D eigenvalue weighted by Gasteiger charge is 2.56. The number of carbonyl (C=O) groups is 1. The summed E-state index contributed by atoms with van der Waals surface area (Å²) in [6, 6.07) is 12.3. The molecule has 2 saturated heterocycles. The Morgan fingerprint density at radius 2 is 1.44 bits per heavy atom. The van der Waals surface area contributed by atoms with E-state index in [0.29, 0.717) is 19.0 Å². The monoisotopic (exact) mass is 391 g/mol. The molecule has 2 aromatic carbocycles. The Morgan fingerprint density at radius 3 is 1.85 bits per heavy atom. The van der Waals surface area contributed by atoms with Crippen LogP contribution in [0.2, 0.25) is 0 Å². The third-order valence-electron chi connectivity index (χ3n) is 4.93. The van der Waals surface area contributed by atoms with Gasteiger partial charge in [-0.2, -0.15) is 0 Å². The Bertz CT molecular complexity index is 771. The van der Waals surface area contributed by atoms with E-state index in [2.05, 4.69) is 4.90 Å².